The molecule has 1 saturated heterocycles. The van der Waals surface area contributed by atoms with Gasteiger partial charge in [0.25, 0.3) is 0 Å². The minimum absolute atomic E-state index is 0. The molecule has 12 heavy (non-hydrogen) atoms. The molecule has 0 atom stereocenters. The highest BCUT2D eigenvalue weighted by molar-refractivity contribution is 4.68. The largest absolute Gasteiger partial charge is 0.318 e. The van der Waals surface area contributed by atoms with Crippen LogP contribution >= 0.6 is 0 Å². The molecule has 1 fully saturated rings. The third-order valence-electron chi connectivity index (χ3n) is 1.98. The van der Waals surface area contributed by atoms with Gasteiger partial charge in [-0.3, -0.25) is 9.80 Å². The second kappa shape index (κ2) is 7.49. The average molecular weight is 176 g/mol. The Bertz CT molecular complexity index is 77.1. The summed E-state index contributed by atoms with van der Waals surface area (Å²) in [5.41, 5.74) is 10.9. The van der Waals surface area contributed by atoms with Gasteiger partial charge < -0.3 is 11.5 Å². The molecule has 0 radical (unpaired) electrons. The van der Waals surface area contributed by atoms with Crippen LogP contribution in [-0.2, 0) is 0 Å². The molecule has 4 nitrogen and oxygen atoms in total. The normalized spacial score (nSPS) is 19.5. The Balaban J connectivity index is 0. The lowest BCUT2D eigenvalue weighted by molar-refractivity contribution is 0.137. The van der Waals surface area contributed by atoms with E-state index in [1.54, 1.807) is 0 Å². The first-order valence-electron chi connectivity index (χ1n) is 3.71. The summed E-state index contributed by atoms with van der Waals surface area (Å²) in [6, 6.07) is 0. The van der Waals surface area contributed by atoms with Crippen LogP contribution in [0, 0.1) is 0 Å². The quantitative estimate of drug-likeness (QED) is 0.607. The molecule has 0 aliphatic carbocycles. The van der Waals surface area contributed by atoms with Crippen molar-refractivity contribution in [3.8, 4) is 0 Å². The van der Waals surface area contributed by atoms with E-state index in [1.165, 1.54) is 0 Å². The second-order valence-electron chi connectivity index (χ2n) is 2.60. The number of nitrogens with two attached hydrogens (primary N) is 2. The maximum Gasteiger partial charge on any atom is 0.0456 e. The van der Waals surface area contributed by atoms with Gasteiger partial charge in [0, 0.05) is 39.5 Å². The molecule has 4 heteroatoms. The molecule has 0 aromatic heterocycles. The Morgan fingerprint density at radius 1 is 0.750 bits per heavy atom. The molecule has 4 N–H and O–H groups in total. The van der Waals surface area contributed by atoms with Crippen LogP contribution in [0.15, 0.2) is 0 Å². The van der Waals surface area contributed by atoms with E-state index in [0.717, 1.165) is 26.2 Å². The molecule has 76 valence electrons. The van der Waals surface area contributed by atoms with E-state index in [2.05, 4.69) is 9.80 Å². The third kappa shape index (κ3) is 4.01. The van der Waals surface area contributed by atoms with E-state index in [-0.39, 0.29) is 14.9 Å². The first-order chi connectivity index (χ1) is 4.86. The van der Waals surface area contributed by atoms with Crippen LogP contribution in [-0.4, -0.2) is 49.3 Å². The van der Waals surface area contributed by atoms with Crippen molar-refractivity contribution in [1.82, 2.24) is 9.80 Å². The summed E-state index contributed by atoms with van der Waals surface area (Å²) in [4.78, 5) is 4.46. The van der Waals surface area contributed by atoms with Gasteiger partial charge in [0.15, 0.2) is 0 Å². The molecule has 1 heterocycles. The Labute approximate surface area is 76.5 Å². The van der Waals surface area contributed by atoms with Crippen LogP contribution in [0.25, 0.3) is 0 Å². The number of rotatable bonds is 2. The van der Waals surface area contributed by atoms with Crippen LogP contribution in [0.5, 0.6) is 0 Å². The van der Waals surface area contributed by atoms with Gasteiger partial charge in [-0.25, -0.2) is 0 Å². The molecule has 1 aliphatic heterocycles. The third-order valence-corrected chi connectivity index (χ3v) is 1.98. The summed E-state index contributed by atoms with van der Waals surface area (Å²) >= 11 is 0. The lowest BCUT2D eigenvalue weighted by Crippen LogP contribution is -2.49. The van der Waals surface area contributed by atoms with Crippen molar-refractivity contribution >= 4 is 0 Å². The van der Waals surface area contributed by atoms with Crippen molar-refractivity contribution in [1.29, 1.82) is 0 Å². The lowest BCUT2D eigenvalue weighted by atomic mass is 10.3. The minimum atomic E-state index is 0. The smallest absolute Gasteiger partial charge is 0.0456 e. The van der Waals surface area contributed by atoms with Crippen LogP contribution in [0.4, 0.5) is 0 Å². The van der Waals surface area contributed by atoms with Gasteiger partial charge in [-0.1, -0.05) is 14.9 Å². The van der Waals surface area contributed by atoms with Gasteiger partial charge in [0.05, 0.1) is 0 Å². The SMILES string of the molecule is C.C.NCN1CCN(CN)CC1. The Kier molecular flexibility index (Phi) is 8.97. The zero-order chi connectivity index (χ0) is 7.40. The van der Waals surface area contributed by atoms with Gasteiger partial charge in [-0.15, -0.1) is 0 Å². The molecule has 0 aromatic carbocycles. The summed E-state index contributed by atoms with van der Waals surface area (Å²) < 4.78 is 0. The maximum atomic E-state index is 5.47. The van der Waals surface area contributed by atoms with E-state index < -0.39 is 0 Å². The molecular formula is C8H24N4. The van der Waals surface area contributed by atoms with E-state index in [1.807, 2.05) is 0 Å². The Hall–Kier alpha value is -0.160. The Morgan fingerprint density at radius 2 is 1.00 bits per heavy atom. The first kappa shape index (κ1) is 14.4. The van der Waals surface area contributed by atoms with Crippen LogP contribution < -0.4 is 11.5 Å². The predicted octanol–water partition coefficient (Wildman–Crippen LogP) is -0.291. The zero-order valence-electron chi connectivity index (χ0n) is 6.29. The number of nitrogens with zero attached hydrogens (tertiary/aromatic N) is 2. The fourth-order valence-electron chi connectivity index (χ4n) is 1.15. The number of piperazine rings is 1. The van der Waals surface area contributed by atoms with E-state index >= 15 is 0 Å². The molecule has 0 bridgehead atoms. The van der Waals surface area contributed by atoms with Gasteiger partial charge in [-0.2, -0.15) is 0 Å². The summed E-state index contributed by atoms with van der Waals surface area (Å²) in [7, 11) is 0. The minimum Gasteiger partial charge on any atom is -0.318 e. The highest BCUT2D eigenvalue weighted by Gasteiger charge is 2.12. The maximum absolute atomic E-state index is 5.47. The van der Waals surface area contributed by atoms with Gasteiger partial charge in [-0.05, 0) is 0 Å². The van der Waals surface area contributed by atoms with Crippen molar-refractivity contribution in [3.63, 3.8) is 0 Å². The second-order valence-corrected chi connectivity index (χ2v) is 2.60. The molecule has 1 rings (SSSR count). The fourth-order valence-corrected chi connectivity index (χ4v) is 1.15. The summed E-state index contributed by atoms with van der Waals surface area (Å²) in [6.45, 7) is 5.61. The summed E-state index contributed by atoms with van der Waals surface area (Å²) in [5.74, 6) is 0. The molecule has 0 saturated carbocycles. The van der Waals surface area contributed by atoms with Crippen molar-refractivity contribution in [3.05, 3.63) is 0 Å². The average Bonchev–Trinajstić information content (AvgIpc) is 2.05. The monoisotopic (exact) mass is 176 g/mol. The summed E-state index contributed by atoms with van der Waals surface area (Å²) in [5, 5.41) is 0. The van der Waals surface area contributed by atoms with Gasteiger partial charge in [0.1, 0.15) is 0 Å². The molecule has 0 spiro atoms. The van der Waals surface area contributed by atoms with E-state index in [9.17, 15) is 0 Å². The lowest BCUT2D eigenvalue weighted by Gasteiger charge is -2.32. The topological polar surface area (TPSA) is 58.5 Å². The highest BCUT2D eigenvalue weighted by atomic mass is 15.3. The van der Waals surface area contributed by atoms with Crippen LogP contribution in [0.1, 0.15) is 14.9 Å². The standard InChI is InChI=1S/C6H16N4.2CH4/c7-5-9-1-2-10(6-8)4-3-9;;/h1-8H2;2*1H4. The molecule has 0 amide bonds. The molecule has 1 aliphatic rings. The number of hydrogen-bond donors (Lipinski definition) is 2. The predicted molar refractivity (Wildman–Crippen MR) is 54.7 cm³/mol. The number of hydrogen-bond acceptors (Lipinski definition) is 4. The van der Waals surface area contributed by atoms with Crippen LogP contribution in [0.2, 0.25) is 0 Å². The van der Waals surface area contributed by atoms with Crippen molar-refractivity contribution in [2.45, 2.75) is 14.9 Å². The highest BCUT2D eigenvalue weighted by Crippen LogP contribution is 1.96. The molecule has 0 unspecified atom stereocenters. The molecular weight excluding hydrogens is 152 g/mol. The Morgan fingerprint density at radius 3 is 1.17 bits per heavy atom. The first-order valence-corrected chi connectivity index (χ1v) is 3.71. The van der Waals surface area contributed by atoms with Crippen molar-refractivity contribution < 1.29 is 0 Å². The van der Waals surface area contributed by atoms with Crippen molar-refractivity contribution in [2.24, 2.45) is 11.5 Å². The zero-order valence-corrected chi connectivity index (χ0v) is 6.29. The van der Waals surface area contributed by atoms with Gasteiger partial charge >= 0.3 is 0 Å². The summed E-state index contributed by atoms with van der Waals surface area (Å²) in [6.07, 6.45) is 0. The van der Waals surface area contributed by atoms with Gasteiger partial charge in [0.2, 0.25) is 0 Å². The van der Waals surface area contributed by atoms with Crippen molar-refractivity contribution in [2.75, 3.05) is 39.5 Å². The van der Waals surface area contributed by atoms with E-state index in [4.69, 9.17) is 11.5 Å². The molecule has 0 aromatic rings. The van der Waals surface area contributed by atoms with E-state index in [0.29, 0.717) is 13.3 Å². The van der Waals surface area contributed by atoms with Crippen LogP contribution in [0.3, 0.4) is 0 Å². The fraction of sp³-hybridized carbons (Fsp3) is 1.00.